The zero-order valence-corrected chi connectivity index (χ0v) is 22.8. The van der Waals surface area contributed by atoms with Gasteiger partial charge < -0.3 is 5.11 Å². The van der Waals surface area contributed by atoms with Gasteiger partial charge in [0, 0.05) is 15.6 Å². The summed E-state index contributed by atoms with van der Waals surface area (Å²) in [7, 11) is 0. The Balaban J connectivity index is 1.53. The molecule has 1 N–H and O–H groups in total. The van der Waals surface area contributed by atoms with Crippen LogP contribution >= 0.6 is 23.2 Å². The third-order valence-corrected chi connectivity index (χ3v) is 9.43. The predicted molar refractivity (Wildman–Crippen MR) is 156 cm³/mol. The molecule has 0 radical (unpaired) electrons. The Morgan fingerprint density at radius 3 is 2.11 bits per heavy atom. The molecule has 0 amide bonds. The van der Waals surface area contributed by atoms with E-state index in [0.717, 1.165) is 40.7 Å². The Bertz CT molecular complexity index is 1450. The van der Waals surface area contributed by atoms with Crippen molar-refractivity contribution in [2.24, 2.45) is 23.7 Å². The van der Waals surface area contributed by atoms with Crippen LogP contribution in [0, 0.1) is 23.7 Å². The van der Waals surface area contributed by atoms with Gasteiger partial charge in [-0.15, -0.1) is 0 Å². The molecule has 4 aromatic carbocycles. The highest BCUT2D eigenvalue weighted by Crippen LogP contribution is 2.60. The third-order valence-electron chi connectivity index (χ3n) is 8.88. The van der Waals surface area contributed by atoms with Gasteiger partial charge in [-0.05, 0) is 101 Å². The lowest BCUT2D eigenvalue weighted by Crippen LogP contribution is -2.36. The molecule has 1 nitrogen and oxygen atoms in total. The van der Waals surface area contributed by atoms with Gasteiger partial charge in [0.15, 0.2) is 0 Å². The number of hydrogen-bond acceptors (Lipinski definition) is 1. The van der Waals surface area contributed by atoms with Crippen LogP contribution in [0.5, 0.6) is 0 Å². The van der Waals surface area contributed by atoms with Gasteiger partial charge in [0.1, 0.15) is 0 Å². The van der Waals surface area contributed by atoms with E-state index in [1.54, 1.807) is 6.07 Å². The van der Waals surface area contributed by atoms with E-state index in [2.05, 4.69) is 80.6 Å². The lowest BCUT2D eigenvalue weighted by Gasteiger charge is -2.37. The predicted octanol–water partition coefficient (Wildman–Crippen LogP) is 9.88. The maximum Gasteiger partial charge on any atom is 0.0958 e. The smallest absolute Gasteiger partial charge is 0.0958 e. The van der Waals surface area contributed by atoms with Gasteiger partial charge in [-0.1, -0.05) is 104 Å². The summed E-state index contributed by atoms with van der Waals surface area (Å²) in [5.41, 5.74) is 6.63. The summed E-state index contributed by atoms with van der Waals surface area (Å²) in [4.78, 5) is 0. The van der Waals surface area contributed by atoms with Gasteiger partial charge in [-0.2, -0.15) is 0 Å². The van der Waals surface area contributed by atoms with E-state index in [4.69, 9.17) is 23.2 Å². The largest absolute Gasteiger partial charge is 0.385 e. The van der Waals surface area contributed by atoms with Crippen molar-refractivity contribution in [1.82, 2.24) is 0 Å². The maximum absolute atomic E-state index is 12.6. The number of hydrogen-bond donors (Lipinski definition) is 1. The summed E-state index contributed by atoms with van der Waals surface area (Å²) in [6.45, 7) is 4.55. The quantitative estimate of drug-likeness (QED) is 0.280. The molecule has 4 aromatic rings. The van der Waals surface area contributed by atoms with Crippen LogP contribution in [0.15, 0.2) is 91.0 Å². The van der Waals surface area contributed by atoms with Gasteiger partial charge in [-0.25, -0.2) is 0 Å². The van der Waals surface area contributed by atoms with Gasteiger partial charge in [0.25, 0.3) is 0 Å². The lowest BCUT2D eigenvalue weighted by atomic mass is 9.73. The first-order valence-electron chi connectivity index (χ1n) is 13.3. The summed E-state index contributed by atoms with van der Waals surface area (Å²) >= 11 is 13.0. The zero-order valence-electron chi connectivity index (χ0n) is 21.3. The van der Waals surface area contributed by atoms with Crippen LogP contribution < -0.4 is 0 Å². The molecule has 6 rings (SSSR count). The fourth-order valence-electron chi connectivity index (χ4n) is 7.17. The second-order valence-electron chi connectivity index (χ2n) is 11.2. The average Bonchev–Trinajstić information content (AvgIpc) is 3.39. The minimum absolute atomic E-state index is 0.172. The summed E-state index contributed by atoms with van der Waals surface area (Å²) in [6, 6.07) is 31.3. The maximum atomic E-state index is 12.6. The van der Waals surface area contributed by atoms with Crippen molar-refractivity contribution < 1.29 is 5.11 Å². The number of rotatable bonds is 4. The van der Waals surface area contributed by atoms with Gasteiger partial charge in [-0.3, -0.25) is 0 Å². The Morgan fingerprint density at radius 2 is 1.35 bits per heavy atom. The van der Waals surface area contributed by atoms with Gasteiger partial charge in [0.05, 0.1) is 5.60 Å². The van der Waals surface area contributed by atoms with Crippen LogP contribution in [-0.2, 0) is 5.60 Å². The Morgan fingerprint density at radius 1 is 0.676 bits per heavy atom. The van der Waals surface area contributed by atoms with E-state index < -0.39 is 5.60 Å². The normalized spacial score (nSPS) is 26.8. The van der Waals surface area contributed by atoms with Crippen LogP contribution in [0.25, 0.3) is 33.4 Å². The second kappa shape index (κ2) is 9.62. The minimum Gasteiger partial charge on any atom is -0.385 e. The molecule has 5 unspecified atom stereocenters. The SMILES string of the molecule is CC1CC2CC(C)C(O)(c3cc(-c4cccc(-c5ccccc5)c4)ccc3-c3ccc(Cl)cc3Cl)C2C1. The fourth-order valence-corrected chi connectivity index (χ4v) is 7.68. The van der Waals surface area contributed by atoms with Crippen LogP contribution in [0.1, 0.15) is 38.7 Å². The molecule has 0 heterocycles. The number of benzene rings is 4. The second-order valence-corrected chi connectivity index (χ2v) is 12.1. The monoisotopic (exact) mass is 526 g/mol. The van der Waals surface area contributed by atoms with Gasteiger partial charge in [0.2, 0.25) is 0 Å². The first-order chi connectivity index (χ1) is 17.8. The van der Waals surface area contributed by atoms with Crippen LogP contribution in [0.3, 0.4) is 0 Å². The van der Waals surface area contributed by atoms with Crippen LogP contribution in [0.2, 0.25) is 10.0 Å². The standard InChI is InChI=1S/C34H32Cl2O/c1-21-15-27-17-22(2)34(37,31(27)16-21)32-19-26(11-13-29(32)30-14-12-28(35)20-33(30)36)25-10-6-9-24(18-25)23-7-4-3-5-8-23/h3-14,18-22,27,31,37H,15-17H2,1-2H3. The molecule has 2 aliphatic carbocycles. The highest BCUT2D eigenvalue weighted by atomic mass is 35.5. The molecule has 2 aliphatic rings. The summed E-state index contributed by atoms with van der Waals surface area (Å²) in [6.07, 6.45) is 3.33. The molecule has 2 saturated carbocycles. The summed E-state index contributed by atoms with van der Waals surface area (Å²) in [5, 5.41) is 13.9. The number of fused-ring (bicyclic) bond motifs is 1. The average molecular weight is 528 g/mol. The molecule has 5 atom stereocenters. The van der Waals surface area contributed by atoms with Crippen LogP contribution in [0.4, 0.5) is 0 Å². The number of aliphatic hydroxyl groups is 1. The van der Waals surface area contributed by atoms with Crippen molar-refractivity contribution in [1.29, 1.82) is 0 Å². The van der Waals surface area contributed by atoms with E-state index in [1.165, 1.54) is 17.5 Å². The lowest BCUT2D eigenvalue weighted by molar-refractivity contribution is -0.0407. The fraction of sp³-hybridized carbons (Fsp3) is 0.294. The highest BCUT2D eigenvalue weighted by Gasteiger charge is 2.56. The molecular weight excluding hydrogens is 495 g/mol. The molecule has 0 aliphatic heterocycles. The summed E-state index contributed by atoms with van der Waals surface area (Å²) < 4.78 is 0. The third kappa shape index (κ3) is 4.32. The summed E-state index contributed by atoms with van der Waals surface area (Å²) in [5.74, 6) is 1.63. The van der Waals surface area contributed by atoms with E-state index in [0.29, 0.717) is 21.9 Å². The van der Waals surface area contributed by atoms with Crippen molar-refractivity contribution in [3.8, 4) is 33.4 Å². The van der Waals surface area contributed by atoms with Crippen molar-refractivity contribution in [3.63, 3.8) is 0 Å². The topological polar surface area (TPSA) is 20.2 Å². The molecule has 37 heavy (non-hydrogen) atoms. The highest BCUT2D eigenvalue weighted by molar-refractivity contribution is 6.36. The molecule has 0 bridgehead atoms. The Hall–Kier alpha value is -2.58. The van der Waals surface area contributed by atoms with Crippen molar-refractivity contribution >= 4 is 23.2 Å². The van der Waals surface area contributed by atoms with Crippen molar-refractivity contribution in [3.05, 3.63) is 107 Å². The zero-order chi connectivity index (χ0) is 25.7. The first kappa shape index (κ1) is 24.7. The number of halogens is 2. The van der Waals surface area contributed by atoms with Gasteiger partial charge >= 0.3 is 0 Å². The van der Waals surface area contributed by atoms with E-state index in [1.807, 2.05) is 18.2 Å². The van der Waals surface area contributed by atoms with E-state index in [9.17, 15) is 5.11 Å². The molecule has 0 aromatic heterocycles. The Labute approximate surface area is 230 Å². The molecule has 3 heteroatoms. The first-order valence-corrected chi connectivity index (χ1v) is 14.1. The molecule has 0 spiro atoms. The molecule has 2 fully saturated rings. The van der Waals surface area contributed by atoms with E-state index >= 15 is 0 Å². The van der Waals surface area contributed by atoms with Crippen molar-refractivity contribution in [2.45, 2.75) is 38.7 Å². The Kier molecular flexibility index (Phi) is 6.43. The van der Waals surface area contributed by atoms with E-state index in [-0.39, 0.29) is 11.8 Å². The van der Waals surface area contributed by atoms with Crippen molar-refractivity contribution in [2.75, 3.05) is 0 Å². The minimum atomic E-state index is -0.902. The molecule has 188 valence electrons. The molecule has 0 saturated heterocycles. The van der Waals surface area contributed by atoms with Crippen LogP contribution in [-0.4, -0.2) is 5.11 Å². The molecular formula is C34H32Cl2O.